The van der Waals surface area contributed by atoms with Crippen LogP contribution < -0.4 is 0 Å². The predicted octanol–water partition coefficient (Wildman–Crippen LogP) is 5.74. The Morgan fingerprint density at radius 3 is 2.41 bits per heavy atom. The van der Waals surface area contributed by atoms with Crippen LogP contribution in [0.5, 0.6) is 0 Å². The van der Waals surface area contributed by atoms with E-state index in [0.29, 0.717) is 17.2 Å². The van der Waals surface area contributed by atoms with Crippen molar-refractivity contribution in [1.82, 2.24) is 4.98 Å². The molecule has 22 heavy (non-hydrogen) atoms. The van der Waals surface area contributed by atoms with Crippen molar-refractivity contribution in [1.29, 1.82) is 0 Å². The van der Waals surface area contributed by atoms with Gasteiger partial charge in [0, 0.05) is 17.8 Å². The third-order valence-electron chi connectivity index (χ3n) is 4.60. The van der Waals surface area contributed by atoms with Crippen molar-refractivity contribution < 1.29 is 8.78 Å². The second-order valence-electron chi connectivity index (χ2n) is 5.64. The standard InChI is InChI=1S/C17H17F2N.C2H6/c1-3-17(10-11(17)2)13-8-12(18)9-14(19)16(13)15-6-4-5-7-20-15;1-2/h4-9,11H,3,10H2,1-2H3;1-2H3. The van der Waals surface area contributed by atoms with E-state index < -0.39 is 11.6 Å². The molecule has 0 radical (unpaired) electrons. The first-order chi connectivity index (χ1) is 10.6. The maximum atomic E-state index is 14.3. The van der Waals surface area contributed by atoms with Crippen molar-refractivity contribution >= 4 is 0 Å². The van der Waals surface area contributed by atoms with Crippen LogP contribution in [0.2, 0.25) is 0 Å². The van der Waals surface area contributed by atoms with Gasteiger partial charge in [-0.3, -0.25) is 4.98 Å². The maximum Gasteiger partial charge on any atom is 0.135 e. The van der Waals surface area contributed by atoms with E-state index in [4.69, 9.17) is 0 Å². The summed E-state index contributed by atoms with van der Waals surface area (Å²) in [5.74, 6) is -0.578. The monoisotopic (exact) mass is 303 g/mol. The van der Waals surface area contributed by atoms with E-state index in [1.165, 1.54) is 6.07 Å². The molecule has 1 aromatic carbocycles. The molecule has 1 aliphatic rings. The molecule has 2 atom stereocenters. The van der Waals surface area contributed by atoms with E-state index in [1.807, 2.05) is 19.9 Å². The van der Waals surface area contributed by atoms with Crippen molar-refractivity contribution in [3.05, 3.63) is 53.7 Å². The molecule has 1 heterocycles. The fourth-order valence-corrected chi connectivity index (χ4v) is 3.28. The average molecular weight is 303 g/mol. The van der Waals surface area contributed by atoms with Crippen LogP contribution in [0.15, 0.2) is 36.5 Å². The molecule has 0 amide bonds. The maximum absolute atomic E-state index is 14.3. The van der Waals surface area contributed by atoms with Crippen LogP contribution in [0.4, 0.5) is 8.78 Å². The van der Waals surface area contributed by atoms with E-state index in [1.54, 1.807) is 18.3 Å². The number of hydrogen-bond donors (Lipinski definition) is 0. The Bertz CT molecular complexity index is 635. The molecule has 0 spiro atoms. The molecule has 1 fully saturated rings. The van der Waals surface area contributed by atoms with Crippen molar-refractivity contribution in [3.63, 3.8) is 0 Å². The second-order valence-corrected chi connectivity index (χ2v) is 5.64. The van der Waals surface area contributed by atoms with Crippen LogP contribution in [-0.4, -0.2) is 4.98 Å². The Kier molecular flexibility index (Phi) is 4.94. The van der Waals surface area contributed by atoms with E-state index in [-0.39, 0.29) is 5.41 Å². The molecule has 2 aromatic rings. The number of pyridine rings is 1. The molecule has 1 nitrogen and oxygen atoms in total. The predicted molar refractivity (Wildman–Crippen MR) is 86.7 cm³/mol. The Morgan fingerprint density at radius 1 is 1.23 bits per heavy atom. The average Bonchev–Trinajstić information content (AvgIpc) is 3.21. The third kappa shape index (κ3) is 2.77. The first-order valence-electron chi connectivity index (χ1n) is 7.99. The largest absolute Gasteiger partial charge is 0.256 e. The van der Waals surface area contributed by atoms with Gasteiger partial charge in [0.25, 0.3) is 0 Å². The summed E-state index contributed by atoms with van der Waals surface area (Å²) < 4.78 is 28.0. The minimum Gasteiger partial charge on any atom is -0.256 e. The van der Waals surface area contributed by atoms with Crippen LogP contribution >= 0.6 is 0 Å². The molecule has 1 aliphatic carbocycles. The topological polar surface area (TPSA) is 12.9 Å². The van der Waals surface area contributed by atoms with Gasteiger partial charge in [0.15, 0.2) is 0 Å². The van der Waals surface area contributed by atoms with Crippen molar-refractivity contribution in [2.75, 3.05) is 0 Å². The zero-order valence-corrected chi connectivity index (χ0v) is 13.7. The highest BCUT2D eigenvalue weighted by Gasteiger charge is 2.52. The molecule has 0 saturated heterocycles. The van der Waals surface area contributed by atoms with Gasteiger partial charge in [-0.05, 0) is 47.9 Å². The van der Waals surface area contributed by atoms with Gasteiger partial charge in [-0.15, -0.1) is 0 Å². The Labute approximate surface area is 131 Å². The lowest BCUT2D eigenvalue weighted by Gasteiger charge is -2.20. The fraction of sp³-hybridized carbons (Fsp3) is 0.421. The summed E-state index contributed by atoms with van der Waals surface area (Å²) in [6.07, 6.45) is 3.50. The van der Waals surface area contributed by atoms with E-state index in [2.05, 4.69) is 18.8 Å². The molecule has 118 valence electrons. The number of halogens is 2. The number of nitrogens with zero attached hydrogens (tertiary/aromatic N) is 1. The quantitative estimate of drug-likeness (QED) is 0.704. The molecule has 2 unspecified atom stereocenters. The molecule has 1 saturated carbocycles. The summed E-state index contributed by atoms with van der Waals surface area (Å²) in [7, 11) is 0. The SMILES string of the molecule is CC.CCC1(c2cc(F)cc(F)c2-c2ccccn2)CC1C. The minimum atomic E-state index is -0.523. The van der Waals surface area contributed by atoms with Gasteiger partial charge >= 0.3 is 0 Å². The van der Waals surface area contributed by atoms with Gasteiger partial charge in [-0.25, -0.2) is 8.78 Å². The van der Waals surface area contributed by atoms with Crippen LogP contribution in [0.25, 0.3) is 11.3 Å². The summed E-state index contributed by atoms with van der Waals surface area (Å²) in [4.78, 5) is 4.24. The smallest absolute Gasteiger partial charge is 0.135 e. The lowest BCUT2D eigenvalue weighted by Crippen LogP contribution is -2.12. The van der Waals surface area contributed by atoms with Gasteiger partial charge in [0.2, 0.25) is 0 Å². The van der Waals surface area contributed by atoms with Gasteiger partial charge in [0.1, 0.15) is 11.6 Å². The Morgan fingerprint density at radius 2 is 1.91 bits per heavy atom. The van der Waals surface area contributed by atoms with Crippen molar-refractivity contribution in [3.8, 4) is 11.3 Å². The van der Waals surface area contributed by atoms with Crippen molar-refractivity contribution in [2.45, 2.75) is 46.0 Å². The van der Waals surface area contributed by atoms with Crippen molar-refractivity contribution in [2.24, 2.45) is 5.92 Å². The van der Waals surface area contributed by atoms with Gasteiger partial charge in [-0.2, -0.15) is 0 Å². The fourth-order valence-electron chi connectivity index (χ4n) is 3.28. The van der Waals surface area contributed by atoms with E-state index in [9.17, 15) is 8.78 Å². The zero-order valence-electron chi connectivity index (χ0n) is 13.7. The van der Waals surface area contributed by atoms with Gasteiger partial charge in [-0.1, -0.05) is 33.8 Å². The Balaban J connectivity index is 0.000000847. The van der Waals surface area contributed by atoms with Crippen LogP contribution in [-0.2, 0) is 5.41 Å². The Hall–Kier alpha value is -1.77. The van der Waals surface area contributed by atoms with E-state index >= 15 is 0 Å². The zero-order chi connectivity index (χ0) is 16.3. The summed E-state index contributed by atoms with van der Waals surface area (Å²) in [6, 6.07) is 7.82. The highest BCUT2D eigenvalue weighted by Crippen LogP contribution is 2.58. The molecular weight excluding hydrogens is 280 g/mol. The summed E-state index contributed by atoms with van der Waals surface area (Å²) in [6.45, 7) is 8.21. The lowest BCUT2D eigenvalue weighted by molar-refractivity contribution is 0.557. The molecule has 0 aliphatic heterocycles. The normalized spacial score (nSPS) is 22.7. The highest BCUT2D eigenvalue weighted by molar-refractivity contribution is 5.67. The summed E-state index contributed by atoms with van der Waals surface area (Å²) in [5, 5.41) is 0. The van der Waals surface area contributed by atoms with Crippen LogP contribution in [0.3, 0.4) is 0 Å². The molecular formula is C19H23F2N. The molecule has 0 N–H and O–H groups in total. The minimum absolute atomic E-state index is 0.101. The number of aromatic nitrogens is 1. The molecule has 0 bridgehead atoms. The van der Waals surface area contributed by atoms with Gasteiger partial charge < -0.3 is 0 Å². The lowest BCUT2D eigenvalue weighted by atomic mass is 9.85. The number of benzene rings is 1. The van der Waals surface area contributed by atoms with E-state index in [0.717, 1.165) is 24.5 Å². The third-order valence-corrected chi connectivity index (χ3v) is 4.60. The highest BCUT2D eigenvalue weighted by atomic mass is 19.1. The number of rotatable bonds is 3. The first-order valence-corrected chi connectivity index (χ1v) is 7.99. The molecule has 3 rings (SSSR count). The molecule has 1 aromatic heterocycles. The number of hydrogen-bond acceptors (Lipinski definition) is 1. The van der Waals surface area contributed by atoms with Gasteiger partial charge in [0.05, 0.1) is 5.69 Å². The molecule has 3 heteroatoms. The first kappa shape index (κ1) is 16.6. The summed E-state index contributed by atoms with van der Waals surface area (Å²) >= 11 is 0. The van der Waals surface area contributed by atoms with Crippen LogP contribution in [0.1, 0.15) is 46.1 Å². The summed E-state index contributed by atoms with van der Waals surface area (Å²) in [5.41, 5.74) is 1.70. The second kappa shape index (κ2) is 6.55. The van der Waals surface area contributed by atoms with Crippen LogP contribution in [0, 0.1) is 17.6 Å².